The number of carbonyl (C=O) groups excluding carboxylic acids is 1. The van der Waals surface area contributed by atoms with Crippen molar-refractivity contribution in [1.29, 1.82) is 0 Å². The summed E-state index contributed by atoms with van der Waals surface area (Å²) in [5, 5.41) is 5.07. The van der Waals surface area contributed by atoms with Crippen molar-refractivity contribution >= 4 is 33.4 Å². The van der Waals surface area contributed by atoms with E-state index in [0.717, 1.165) is 0 Å². The van der Waals surface area contributed by atoms with E-state index in [0.29, 0.717) is 33.0 Å². The van der Waals surface area contributed by atoms with E-state index < -0.39 is 11.6 Å². The maximum absolute atomic E-state index is 14.1. The standard InChI is InChI=1S/C18H12F2N4OS/c19-12-4-2-1-3-10(12)7-15(25)24-18-23-14(9-26-18)11-8-22-17-16(11)13(20)5-6-21-17/h1-6,8-9H,7H2,(H,21,22)(H,23,24,25). The highest BCUT2D eigenvalue weighted by molar-refractivity contribution is 7.14. The van der Waals surface area contributed by atoms with Gasteiger partial charge in [-0.25, -0.2) is 18.7 Å². The summed E-state index contributed by atoms with van der Waals surface area (Å²) in [5.41, 5.74) is 1.83. The molecular weight excluding hydrogens is 358 g/mol. The number of aromatic amines is 1. The van der Waals surface area contributed by atoms with Gasteiger partial charge in [0.05, 0.1) is 17.5 Å². The zero-order valence-electron chi connectivity index (χ0n) is 13.3. The number of anilines is 1. The topological polar surface area (TPSA) is 70.7 Å². The Morgan fingerprint density at radius 1 is 1.19 bits per heavy atom. The first-order chi connectivity index (χ1) is 12.6. The number of pyridine rings is 1. The quantitative estimate of drug-likeness (QED) is 0.567. The Morgan fingerprint density at radius 3 is 2.88 bits per heavy atom. The maximum atomic E-state index is 14.1. The predicted octanol–water partition coefficient (Wildman–Crippen LogP) is 4.15. The fourth-order valence-corrected chi connectivity index (χ4v) is 3.38. The van der Waals surface area contributed by atoms with Gasteiger partial charge in [-0.2, -0.15) is 0 Å². The largest absolute Gasteiger partial charge is 0.345 e. The Labute approximate surface area is 150 Å². The number of thiazole rings is 1. The Hall–Kier alpha value is -3.13. The third kappa shape index (κ3) is 3.06. The molecule has 0 saturated heterocycles. The Morgan fingerprint density at radius 2 is 2.04 bits per heavy atom. The number of fused-ring (bicyclic) bond motifs is 1. The Balaban J connectivity index is 1.55. The number of amides is 1. The van der Waals surface area contributed by atoms with Crippen molar-refractivity contribution < 1.29 is 13.6 Å². The number of H-pyrrole nitrogens is 1. The first-order valence-electron chi connectivity index (χ1n) is 7.72. The van der Waals surface area contributed by atoms with Gasteiger partial charge in [0, 0.05) is 23.3 Å². The minimum atomic E-state index is -0.427. The molecule has 0 aliphatic heterocycles. The molecule has 0 saturated carbocycles. The number of hydrogen-bond acceptors (Lipinski definition) is 4. The van der Waals surface area contributed by atoms with Gasteiger partial charge in [-0.3, -0.25) is 4.79 Å². The van der Waals surface area contributed by atoms with Gasteiger partial charge in [0.1, 0.15) is 17.3 Å². The summed E-state index contributed by atoms with van der Waals surface area (Å²) in [6, 6.07) is 7.39. The minimum absolute atomic E-state index is 0.0901. The van der Waals surface area contributed by atoms with Crippen molar-refractivity contribution in [2.75, 3.05) is 5.32 Å². The molecule has 0 bridgehead atoms. The van der Waals surface area contributed by atoms with Crippen LogP contribution in [0.2, 0.25) is 0 Å². The maximum Gasteiger partial charge on any atom is 0.230 e. The summed E-state index contributed by atoms with van der Waals surface area (Å²) in [4.78, 5) is 23.4. The van der Waals surface area contributed by atoms with E-state index >= 15 is 0 Å². The van der Waals surface area contributed by atoms with Crippen molar-refractivity contribution in [2.45, 2.75) is 6.42 Å². The first kappa shape index (κ1) is 16.3. The van der Waals surface area contributed by atoms with E-state index in [4.69, 9.17) is 0 Å². The second kappa shape index (κ2) is 6.64. The zero-order valence-corrected chi connectivity index (χ0v) is 14.1. The minimum Gasteiger partial charge on any atom is -0.345 e. The van der Waals surface area contributed by atoms with Crippen LogP contribution >= 0.6 is 11.3 Å². The van der Waals surface area contributed by atoms with Crippen LogP contribution in [0.3, 0.4) is 0 Å². The number of aromatic nitrogens is 3. The van der Waals surface area contributed by atoms with Crippen LogP contribution in [0.15, 0.2) is 48.1 Å². The molecule has 4 rings (SSSR count). The highest BCUT2D eigenvalue weighted by Gasteiger charge is 2.15. The van der Waals surface area contributed by atoms with Crippen molar-refractivity contribution in [3.63, 3.8) is 0 Å². The van der Waals surface area contributed by atoms with Crippen molar-refractivity contribution in [2.24, 2.45) is 0 Å². The molecule has 130 valence electrons. The van der Waals surface area contributed by atoms with Crippen LogP contribution in [-0.4, -0.2) is 20.9 Å². The van der Waals surface area contributed by atoms with Gasteiger partial charge < -0.3 is 10.3 Å². The van der Waals surface area contributed by atoms with E-state index in [2.05, 4.69) is 20.3 Å². The lowest BCUT2D eigenvalue weighted by atomic mass is 10.1. The Kier molecular flexibility index (Phi) is 4.18. The summed E-state index contributed by atoms with van der Waals surface area (Å²) in [7, 11) is 0. The van der Waals surface area contributed by atoms with Gasteiger partial charge in [0.25, 0.3) is 0 Å². The average molecular weight is 370 g/mol. The van der Waals surface area contributed by atoms with Gasteiger partial charge in [-0.15, -0.1) is 11.3 Å². The molecule has 8 heteroatoms. The monoisotopic (exact) mass is 370 g/mol. The third-order valence-electron chi connectivity index (χ3n) is 3.86. The molecule has 0 fully saturated rings. The number of rotatable bonds is 4. The fraction of sp³-hybridized carbons (Fsp3) is 0.0556. The van der Waals surface area contributed by atoms with Gasteiger partial charge >= 0.3 is 0 Å². The zero-order chi connectivity index (χ0) is 18.1. The molecule has 0 aliphatic rings. The molecule has 1 amide bonds. The molecular formula is C18H12F2N4OS. The molecule has 3 aromatic heterocycles. The van der Waals surface area contributed by atoms with E-state index in [1.807, 2.05) is 0 Å². The molecule has 26 heavy (non-hydrogen) atoms. The summed E-state index contributed by atoms with van der Waals surface area (Å²) in [5.74, 6) is -1.20. The summed E-state index contributed by atoms with van der Waals surface area (Å²) < 4.78 is 27.7. The molecule has 5 nitrogen and oxygen atoms in total. The average Bonchev–Trinajstić information content (AvgIpc) is 3.24. The lowest BCUT2D eigenvalue weighted by Gasteiger charge is -2.03. The number of halogens is 2. The fourth-order valence-electron chi connectivity index (χ4n) is 2.65. The number of carbonyl (C=O) groups is 1. The molecule has 0 radical (unpaired) electrons. The number of nitrogens with one attached hydrogen (secondary N) is 2. The van der Waals surface area contributed by atoms with Crippen molar-refractivity contribution in [1.82, 2.24) is 15.0 Å². The summed E-state index contributed by atoms with van der Waals surface area (Å²) >= 11 is 1.21. The van der Waals surface area contributed by atoms with Gasteiger partial charge in [-0.05, 0) is 17.7 Å². The van der Waals surface area contributed by atoms with E-state index in [1.54, 1.807) is 29.8 Å². The smallest absolute Gasteiger partial charge is 0.230 e. The molecule has 0 spiro atoms. The Bertz CT molecular complexity index is 1110. The van der Waals surface area contributed by atoms with Gasteiger partial charge in [-0.1, -0.05) is 18.2 Å². The molecule has 3 heterocycles. The highest BCUT2D eigenvalue weighted by atomic mass is 32.1. The molecule has 0 atom stereocenters. The molecule has 1 aromatic carbocycles. The van der Waals surface area contributed by atoms with Crippen LogP contribution in [0.1, 0.15) is 5.56 Å². The molecule has 0 aliphatic carbocycles. The normalized spacial score (nSPS) is 11.0. The van der Waals surface area contributed by atoms with E-state index in [-0.39, 0.29) is 12.3 Å². The number of nitrogens with zero attached hydrogens (tertiary/aromatic N) is 2. The van der Waals surface area contributed by atoms with Crippen LogP contribution in [0.25, 0.3) is 22.3 Å². The van der Waals surface area contributed by atoms with Crippen LogP contribution in [0.5, 0.6) is 0 Å². The highest BCUT2D eigenvalue weighted by Crippen LogP contribution is 2.31. The SMILES string of the molecule is O=C(Cc1ccccc1F)Nc1nc(-c2c[nH]c3nccc(F)c23)cs1. The van der Waals surface area contributed by atoms with Crippen LogP contribution in [0.4, 0.5) is 13.9 Å². The second-order valence-corrected chi connectivity index (χ2v) is 6.43. The van der Waals surface area contributed by atoms with Crippen LogP contribution in [0, 0.1) is 11.6 Å². The first-order valence-corrected chi connectivity index (χ1v) is 8.60. The summed E-state index contributed by atoms with van der Waals surface area (Å²) in [6.45, 7) is 0. The van der Waals surface area contributed by atoms with Crippen molar-refractivity contribution in [3.05, 3.63) is 65.3 Å². The lowest BCUT2D eigenvalue weighted by Crippen LogP contribution is -2.15. The molecule has 2 N–H and O–H groups in total. The molecule has 4 aromatic rings. The molecule has 0 unspecified atom stereocenters. The van der Waals surface area contributed by atoms with Crippen LogP contribution < -0.4 is 5.32 Å². The third-order valence-corrected chi connectivity index (χ3v) is 4.62. The van der Waals surface area contributed by atoms with Crippen LogP contribution in [-0.2, 0) is 11.2 Å². The number of benzene rings is 1. The number of hydrogen-bond donors (Lipinski definition) is 2. The van der Waals surface area contributed by atoms with E-state index in [9.17, 15) is 13.6 Å². The van der Waals surface area contributed by atoms with Gasteiger partial charge in [0.15, 0.2) is 5.13 Å². The van der Waals surface area contributed by atoms with Gasteiger partial charge in [0.2, 0.25) is 5.91 Å². The van der Waals surface area contributed by atoms with E-state index in [1.165, 1.54) is 29.7 Å². The summed E-state index contributed by atoms with van der Waals surface area (Å²) in [6.07, 6.45) is 2.92. The second-order valence-electron chi connectivity index (χ2n) is 5.57. The lowest BCUT2D eigenvalue weighted by molar-refractivity contribution is -0.115. The van der Waals surface area contributed by atoms with Crippen molar-refractivity contribution in [3.8, 4) is 11.3 Å². The predicted molar refractivity (Wildman–Crippen MR) is 95.9 cm³/mol.